The smallest absolute Gasteiger partial charge is 0.194 e. The van der Waals surface area contributed by atoms with Crippen LogP contribution in [-0.2, 0) is 24.2 Å². The number of piperazine rings is 1. The maximum Gasteiger partial charge on any atom is 0.194 e. The Morgan fingerprint density at radius 1 is 1.26 bits per heavy atom. The van der Waals surface area contributed by atoms with Crippen LogP contribution in [0.3, 0.4) is 0 Å². The molecule has 1 aromatic rings. The average Bonchev–Trinajstić information content (AvgIpc) is 3.32. The van der Waals surface area contributed by atoms with Gasteiger partial charge in [0.1, 0.15) is 5.82 Å². The van der Waals surface area contributed by atoms with Crippen molar-refractivity contribution in [2.45, 2.75) is 38.8 Å². The van der Waals surface area contributed by atoms with Crippen molar-refractivity contribution in [3.05, 3.63) is 17.7 Å². The summed E-state index contributed by atoms with van der Waals surface area (Å²) in [6, 6.07) is 0. The zero-order chi connectivity index (χ0) is 17.8. The molecule has 152 valence electrons. The van der Waals surface area contributed by atoms with E-state index in [1.165, 1.54) is 31.6 Å². The van der Waals surface area contributed by atoms with Gasteiger partial charge in [-0.3, -0.25) is 9.89 Å². The summed E-state index contributed by atoms with van der Waals surface area (Å²) in [5.74, 6) is 2.97. The van der Waals surface area contributed by atoms with E-state index in [0.29, 0.717) is 0 Å². The molecule has 7 nitrogen and oxygen atoms in total. The number of nitrogens with one attached hydrogen (secondary N) is 1. The van der Waals surface area contributed by atoms with Crippen LogP contribution in [0.15, 0.2) is 11.2 Å². The standard InChI is InChI=1S/C19H32N6O.HI/c1-20-19(21-12-17-14-25-6-3-2-4-18(25)22-17)24-9-7-23(8-10-24)13-16-5-11-26-15-16;/h14,16H,2-13,15H2,1H3,(H,20,21);1H. The van der Waals surface area contributed by atoms with Crippen molar-refractivity contribution in [3.63, 3.8) is 0 Å². The Labute approximate surface area is 179 Å². The van der Waals surface area contributed by atoms with E-state index in [2.05, 4.69) is 30.9 Å². The van der Waals surface area contributed by atoms with E-state index in [1.807, 2.05) is 7.05 Å². The zero-order valence-corrected chi connectivity index (χ0v) is 18.7. The summed E-state index contributed by atoms with van der Waals surface area (Å²) in [7, 11) is 1.88. The quantitative estimate of drug-likeness (QED) is 0.396. The summed E-state index contributed by atoms with van der Waals surface area (Å²) in [4.78, 5) is 14.2. The van der Waals surface area contributed by atoms with Gasteiger partial charge in [-0.1, -0.05) is 0 Å². The fourth-order valence-electron chi connectivity index (χ4n) is 4.29. The highest BCUT2D eigenvalue weighted by atomic mass is 127. The molecular formula is C19H33IN6O. The summed E-state index contributed by atoms with van der Waals surface area (Å²) in [5, 5.41) is 3.51. The Hall–Kier alpha value is -0.870. The number of nitrogens with zero attached hydrogens (tertiary/aromatic N) is 5. The number of halogens is 1. The van der Waals surface area contributed by atoms with E-state index in [1.54, 1.807) is 0 Å². The monoisotopic (exact) mass is 488 g/mol. The van der Waals surface area contributed by atoms with Crippen LogP contribution in [0, 0.1) is 5.92 Å². The Morgan fingerprint density at radius 3 is 2.81 bits per heavy atom. The molecule has 2 saturated heterocycles. The van der Waals surface area contributed by atoms with Gasteiger partial charge < -0.3 is 19.5 Å². The summed E-state index contributed by atoms with van der Waals surface area (Å²) >= 11 is 0. The molecule has 27 heavy (non-hydrogen) atoms. The SMILES string of the molecule is CN=C(NCc1cn2c(n1)CCCC2)N1CCN(CC2CCOC2)CC1.I. The molecule has 3 aliphatic rings. The van der Waals surface area contributed by atoms with Crippen LogP contribution in [0.2, 0.25) is 0 Å². The van der Waals surface area contributed by atoms with Gasteiger partial charge in [-0.15, -0.1) is 24.0 Å². The molecule has 0 radical (unpaired) electrons. The topological polar surface area (TPSA) is 57.9 Å². The second kappa shape index (κ2) is 10.1. The van der Waals surface area contributed by atoms with Crippen LogP contribution in [0.4, 0.5) is 0 Å². The summed E-state index contributed by atoms with van der Waals surface area (Å²) in [6.45, 7) is 9.22. The minimum atomic E-state index is 0. The third-order valence-corrected chi connectivity index (χ3v) is 5.81. The fourth-order valence-corrected chi connectivity index (χ4v) is 4.29. The van der Waals surface area contributed by atoms with Gasteiger partial charge in [0, 0.05) is 65.5 Å². The molecule has 0 aliphatic carbocycles. The van der Waals surface area contributed by atoms with Gasteiger partial charge in [-0.25, -0.2) is 4.98 Å². The zero-order valence-electron chi connectivity index (χ0n) is 16.4. The van der Waals surface area contributed by atoms with Crippen molar-refractivity contribution in [2.24, 2.45) is 10.9 Å². The second-order valence-corrected chi connectivity index (χ2v) is 7.72. The Bertz CT molecular complexity index is 596. The van der Waals surface area contributed by atoms with Crippen LogP contribution in [0.5, 0.6) is 0 Å². The molecule has 4 heterocycles. The van der Waals surface area contributed by atoms with Gasteiger partial charge in [0.15, 0.2) is 5.96 Å². The van der Waals surface area contributed by atoms with Gasteiger partial charge >= 0.3 is 0 Å². The predicted molar refractivity (Wildman–Crippen MR) is 118 cm³/mol. The molecule has 1 atom stereocenters. The van der Waals surface area contributed by atoms with Crippen LogP contribution in [0.1, 0.15) is 30.8 Å². The Kier molecular flexibility index (Phi) is 7.77. The number of ether oxygens (including phenoxy) is 1. The highest BCUT2D eigenvalue weighted by Gasteiger charge is 2.24. The first-order valence-electron chi connectivity index (χ1n) is 10.1. The number of imidazole rings is 1. The first-order valence-corrected chi connectivity index (χ1v) is 10.1. The third kappa shape index (κ3) is 5.35. The lowest BCUT2D eigenvalue weighted by Gasteiger charge is -2.37. The van der Waals surface area contributed by atoms with Crippen molar-refractivity contribution < 1.29 is 4.74 Å². The molecule has 3 aliphatic heterocycles. The summed E-state index contributed by atoms with van der Waals surface area (Å²) in [5.41, 5.74) is 1.13. The molecule has 1 N–H and O–H groups in total. The van der Waals surface area contributed by atoms with Crippen molar-refractivity contribution in [1.29, 1.82) is 0 Å². The van der Waals surface area contributed by atoms with Gasteiger partial charge in [0.05, 0.1) is 18.8 Å². The first kappa shape index (κ1) is 20.9. The van der Waals surface area contributed by atoms with Crippen LogP contribution in [0.25, 0.3) is 0 Å². The number of hydrogen-bond donors (Lipinski definition) is 1. The molecule has 0 saturated carbocycles. The molecule has 0 spiro atoms. The van der Waals surface area contributed by atoms with Crippen LogP contribution >= 0.6 is 24.0 Å². The minimum Gasteiger partial charge on any atom is -0.381 e. The average molecular weight is 488 g/mol. The lowest BCUT2D eigenvalue weighted by Crippen LogP contribution is -2.53. The lowest BCUT2D eigenvalue weighted by atomic mass is 10.1. The number of aryl methyl sites for hydroxylation is 2. The predicted octanol–water partition coefficient (Wildman–Crippen LogP) is 1.57. The molecular weight excluding hydrogens is 455 g/mol. The van der Waals surface area contributed by atoms with Crippen molar-refractivity contribution >= 4 is 29.9 Å². The molecule has 2 fully saturated rings. The van der Waals surface area contributed by atoms with Gasteiger partial charge in [0.25, 0.3) is 0 Å². The molecule has 0 bridgehead atoms. The number of fused-ring (bicyclic) bond motifs is 1. The highest BCUT2D eigenvalue weighted by Crippen LogP contribution is 2.16. The normalized spacial score (nSPS) is 23.8. The molecule has 0 aromatic carbocycles. The minimum absolute atomic E-state index is 0. The van der Waals surface area contributed by atoms with E-state index in [9.17, 15) is 0 Å². The molecule has 1 aromatic heterocycles. The van der Waals surface area contributed by atoms with Crippen molar-refractivity contribution in [1.82, 2.24) is 24.7 Å². The molecule has 8 heteroatoms. The maximum absolute atomic E-state index is 5.51. The first-order chi connectivity index (χ1) is 12.8. The number of aliphatic imine (C=N–C) groups is 1. The van der Waals surface area contributed by atoms with E-state index in [-0.39, 0.29) is 24.0 Å². The lowest BCUT2D eigenvalue weighted by molar-refractivity contribution is 0.139. The van der Waals surface area contributed by atoms with Gasteiger partial charge in [-0.2, -0.15) is 0 Å². The van der Waals surface area contributed by atoms with Crippen molar-refractivity contribution in [3.8, 4) is 0 Å². The van der Waals surface area contributed by atoms with E-state index < -0.39 is 0 Å². The highest BCUT2D eigenvalue weighted by molar-refractivity contribution is 14.0. The van der Waals surface area contributed by atoms with E-state index in [4.69, 9.17) is 9.72 Å². The summed E-state index contributed by atoms with van der Waals surface area (Å²) in [6.07, 6.45) is 7.08. The molecule has 0 amide bonds. The molecule has 4 rings (SSSR count). The van der Waals surface area contributed by atoms with Crippen LogP contribution in [-0.4, -0.2) is 78.3 Å². The van der Waals surface area contributed by atoms with E-state index in [0.717, 1.165) is 76.5 Å². The fraction of sp³-hybridized carbons (Fsp3) is 0.789. The Morgan fingerprint density at radius 2 is 2.11 bits per heavy atom. The summed E-state index contributed by atoms with van der Waals surface area (Å²) < 4.78 is 7.82. The van der Waals surface area contributed by atoms with Gasteiger partial charge in [-0.05, 0) is 25.2 Å². The van der Waals surface area contributed by atoms with Crippen LogP contribution < -0.4 is 5.32 Å². The number of aromatic nitrogens is 2. The largest absolute Gasteiger partial charge is 0.381 e. The van der Waals surface area contributed by atoms with Gasteiger partial charge in [0.2, 0.25) is 0 Å². The number of hydrogen-bond acceptors (Lipinski definition) is 4. The maximum atomic E-state index is 5.51. The second-order valence-electron chi connectivity index (χ2n) is 7.72. The van der Waals surface area contributed by atoms with Crippen molar-refractivity contribution in [2.75, 3.05) is 53.0 Å². The number of guanidine groups is 1. The third-order valence-electron chi connectivity index (χ3n) is 5.81. The van der Waals surface area contributed by atoms with E-state index >= 15 is 0 Å². The molecule has 1 unspecified atom stereocenters. The Balaban J connectivity index is 0.00000210. The number of rotatable bonds is 4.